The molecular weight excluding hydrogens is 350 g/mol. The lowest BCUT2D eigenvalue weighted by Crippen LogP contribution is -2.36. The summed E-state index contributed by atoms with van der Waals surface area (Å²) < 4.78 is 7.65. The SMILES string of the molecule is Cc1nccn1-c1ccccc1CNC(=O)[C@H](C)Oc1cccc(Cl)c1. The summed E-state index contributed by atoms with van der Waals surface area (Å²) in [5.41, 5.74) is 1.99. The van der Waals surface area contributed by atoms with Crippen molar-refractivity contribution in [3.05, 3.63) is 77.3 Å². The predicted octanol–water partition coefficient (Wildman–Crippen LogP) is 3.92. The number of halogens is 1. The van der Waals surface area contributed by atoms with E-state index >= 15 is 0 Å². The van der Waals surface area contributed by atoms with Gasteiger partial charge in [0.05, 0.1) is 5.69 Å². The Balaban J connectivity index is 1.66. The molecule has 0 aliphatic heterocycles. The smallest absolute Gasteiger partial charge is 0.261 e. The average molecular weight is 370 g/mol. The van der Waals surface area contributed by atoms with E-state index < -0.39 is 6.10 Å². The zero-order valence-corrected chi connectivity index (χ0v) is 15.4. The topological polar surface area (TPSA) is 56.2 Å². The van der Waals surface area contributed by atoms with Crippen molar-refractivity contribution in [2.45, 2.75) is 26.5 Å². The number of carbonyl (C=O) groups is 1. The lowest BCUT2D eigenvalue weighted by molar-refractivity contribution is -0.127. The fourth-order valence-electron chi connectivity index (χ4n) is 2.65. The van der Waals surface area contributed by atoms with Gasteiger partial charge < -0.3 is 14.6 Å². The Bertz CT molecular complexity index is 907. The van der Waals surface area contributed by atoms with Crippen LogP contribution < -0.4 is 10.1 Å². The van der Waals surface area contributed by atoms with Gasteiger partial charge in [-0.25, -0.2) is 4.98 Å². The normalized spacial score (nSPS) is 11.8. The number of hydrogen-bond donors (Lipinski definition) is 1. The number of amides is 1. The molecule has 0 aliphatic carbocycles. The quantitative estimate of drug-likeness (QED) is 0.716. The highest BCUT2D eigenvalue weighted by Crippen LogP contribution is 2.19. The van der Waals surface area contributed by atoms with Crippen LogP contribution in [0.25, 0.3) is 5.69 Å². The summed E-state index contributed by atoms with van der Waals surface area (Å²) in [5.74, 6) is 1.26. The van der Waals surface area contributed by atoms with E-state index in [4.69, 9.17) is 16.3 Å². The second-order valence-electron chi connectivity index (χ2n) is 5.91. The zero-order valence-electron chi connectivity index (χ0n) is 14.6. The minimum Gasteiger partial charge on any atom is -0.481 e. The van der Waals surface area contributed by atoms with Gasteiger partial charge in [-0.05, 0) is 43.7 Å². The molecule has 26 heavy (non-hydrogen) atoms. The monoisotopic (exact) mass is 369 g/mol. The number of benzene rings is 2. The van der Waals surface area contributed by atoms with Crippen molar-refractivity contribution < 1.29 is 9.53 Å². The summed E-state index contributed by atoms with van der Waals surface area (Å²) in [4.78, 5) is 16.6. The fourth-order valence-corrected chi connectivity index (χ4v) is 2.83. The summed E-state index contributed by atoms with van der Waals surface area (Å²) >= 11 is 5.94. The Labute approximate surface area is 157 Å². The van der Waals surface area contributed by atoms with Crippen molar-refractivity contribution in [3.63, 3.8) is 0 Å². The number of para-hydroxylation sites is 1. The maximum absolute atomic E-state index is 12.4. The first-order valence-electron chi connectivity index (χ1n) is 8.33. The first kappa shape index (κ1) is 18.0. The molecule has 0 bridgehead atoms. The fraction of sp³-hybridized carbons (Fsp3) is 0.200. The molecule has 0 fully saturated rings. The van der Waals surface area contributed by atoms with Gasteiger partial charge in [-0.2, -0.15) is 0 Å². The molecule has 0 radical (unpaired) electrons. The van der Waals surface area contributed by atoms with E-state index in [2.05, 4.69) is 10.3 Å². The lowest BCUT2D eigenvalue weighted by atomic mass is 10.1. The summed E-state index contributed by atoms with van der Waals surface area (Å²) in [6, 6.07) is 14.9. The van der Waals surface area contributed by atoms with Crippen LogP contribution in [0.4, 0.5) is 0 Å². The van der Waals surface area contributed by atoms with E-state index in [1.807, 2.05) is 42.0 Å². The third-order valence-corrected chi connectivity index (χ3v) is 4.24. The van der Waals surface area contributed by atoms with E-state index in [9.17, 15) is 4.79 Å². The Morgan fingerprint density at radius 1 is 1.27 bits per heavy atom. The highest BCUT2D eigenvalue weighted by Gasteiger charge is 2.15. The number of nitrogens with one attached hydrogen (secondary N) is 1. The lowest BCUT2D eigenvalue weighted by Gasteiger charge is -2.16. The molecule has 1 heterocycles. The molecule has 0 unspecified atom stereocenters. The maximum Gasteiger partial charge on any atom is 0.261 e. The van der Waals surface area contributed by atoms with E-state index in [1.165, 1.54) is 0 Å². The van der Waals surface area contributed by atoms with Gasteiger partial charge in [0.25, 0.3) is 5.91 Å². The molecule has 1 N–H and O–H groups in total. The molecule has 1 atom stereocenters. The van der Waals surface area contributed by atoms with Crippen LogP contribution in [0, 0.1) is 6.92 Å². The minimum atomic E-state index is -0.629. The molecule has 2 aromatic carbocycles. The highest BCUT2D eigenvalue weighted by atomic mass is 35.5. The molecule has 134 valence electrons. The maximum atomic E-state index is 12.4. The summed E-state index contributed by atoms with van der Waals surface area (Å²) in [6.45, 7) is 4.05. The third-order valence-electron chi connectivity index (χ3n) is 4.01. The molecule has 5 nitrogen and oxygen atoms in total. The van der Waals surface area contributed by atoms with Crippen LogP contribution in [0.1, 0.15) is 18.3 Å². The minimum absolute atomic E-state index is 0.192. The number of rotatable bonds is 6. The van der Waals surface area contributed by atoms with Crippen LogP contribution in [0.5, 0.6) is 5.75 Å². The van der Waals surface area contributed by atoms with Crippen LogP contribution in [0.15, 0.2) is 60.9 Å². The molecule has 0 spiro atoms. The number of carbonyl (C=O) groups excluding carboxylic acids is 1. The number of hydrogen-bond acceptors (Lipinski definition) is 3. The van der Waals surface area contributed by atoms with Gasteiger partial charge in [-0.1, -0.05) is 35.9 Å². The number of aryl methyl sites for hydroxylation is 1. The Morgan fingerprint density at radius 3 is 2.81 bits per heavy atom. The van der Waals surface area contributed by atoms with Crippen LogP contribution in [-0.4, -0.2) is 21.6 Å². The van der Waals surface area contributed by atoms with Crippen molar-refractivity contribution in [1.29, 1.82) is 0 Å². The molecule has 3 rings (SSSR count). The Hall–Kier alpha value is -2.79. The van der Waals surface area contributed by atoms with Crippen LogP contribution in [-0.2, 0) is 11.3 Å². The standard InChI is InChI=1S/C20H20ClN3O2/c1-14(26-18-8-5-7-17(21)12-18)20(25)23-13-16-6-3-4-9-19(16)24-11-10-22-15(24)2/h3-12,14H,13H2,1-2H3,(H,23,25)/t14-/m0/s1. The van der Waals surface area contributed by atoms with Crippen molar-refractivity contribution in [3.8, 4) is 11.4 Å². The highest BCUT2D eigenvalue weighted by molar-refractivity contribution is 6.30. The summed E-state index contributed by atoms with van der Waals surface area (Å²) in [7, 11) is 0. The number of ether oxygens (including phenoxy) is 1. The van der Waals surface area contributed by atoms with E-state index in [0.717, 1.165) is 17.1 Å². The first-order chi connectivity index (χ1) is 12.5. The van der Waals surface area contributed by atoms with Crippen molar-refractivity contribution in [2.24, 2.45) is 0 Å². The number of imidazole rings is 1. The summed E-state index contributed by atoms with van der Waals surface area (Å²) in [6.07, 6.45) is 3.03. The molecule has 0 saturated heterocycles. The molecule has 6 heteroatoms. The van der Waals surface area contributed by atoms with Gasteiger partial charge in [0.2, 0.25) is 0 Å². The molecular formula is C20H20ClN3O2. The van der Waals surface area contributed by atoms with Crippen LogP contribution in [0.3, 0.4) is 0 Å². The predicted molar refractivity (Wildman–Crippen MR) is 102 cm³/mol. The molecule has 1 aromatic heterocycles. The van der Waals surface area contributed by atoms with Gasteiger partial charge in [0, 0.05) is 24.0 Å². The third kappa shape index (κ3) is 4.24. The largest absolute Gasteiger partial charge is 0.481 e. The van der Waals surface area contributed by atoms with Gasteiger partial charge in [-0.3, -0.25) is 4.79 Å². The number of nitrogens with zero attached hydrogens (tertiary/aromatic N) is 2. The van der Waals surface area contributed by atoms with Crippen molar-refractivity contribution >= 4 is 17.5 Å². The molecule has 0 saturated carbocycles. The molecule has 0 aliphatic rings. The van der Waals surface area contributed by atoms with Crippen molar-refractivity contribution in [2.75, 3.05) is 0 Å². The van der Waals surface area contributed by atoms with Gasteiger partial charge >= 0.3 is 0 Å². The van der Waals surface area contributed by atoms with Gasteiger partial charge in [0.1, 0.15) is 11.6 Å². The van der Waals surface area contributed by atoms with E-state index in [1.54, 1.807) is 37.4 Å². The zero-order chi connectivity index (χ0) is 18.5. The van der Waals surface area contributed by atoms with E-state index in [0.29, 0.717) is 17.3 Å². The van der Waals surface area contributed by atoms with E-state index in [-0.39, 0.29) is 5.91 Å². The molecule has 1 amide bonds. The van der Waals surface area contributed by atoms with Crippen LogP contribution >= 0.6 is 11.6 Å². The Morgan fingerprint density at radius 2 is 2.08 bits per heavy atom. The molecule has 3 aromatic rings. The second-order valence-corrected chi connectivity index (χ2v) is 6.34. The van der Waals surface area contributed by atoms with Crippen LogP contribution in [0.2, 0.25) is 5.02 Å². The van der Waals surface area contributed by atoms with Gasteiger partial charge in [-0.15, -0.1) is 0 Å². The first-order valence-corrected chi connectivity index (χ1v) is 8.70. The Kier molecular flexibility index (Phi) is 5.58. The van der Waals surface area contributed by atoms with Gasteiger partial charge in [0.15, 0.2) is 6.10 Å². The average Bonchev–Trinajstić information content (AvgIpc) is 3.05. The summed E-state index contributed by atoms with van der Waals surface area (Å²) in [5, 5.41) is 3.49. The van der Waals surface area contributed by atoms with Crippen molar-refractivity contribution in [1.82, 2.24) is 14.9 Å². The number of aromatic nitrogens is 2. The second kappa shape index (κ2) is 8.06.